The van der Waals surface area contributed by atoms with Gasteiger partial charge in [-0.05, 0) is 32.1 Å². The third-order valence-corrected chi connectivity index (χ3v) is 4.09. The summed E-state index contributed by atoms with van der Waals surface area (Å²) in [6.07, 6.45) is 9.17. The third kappa shape index (κ3) is 3.61. The van der Waals surface area contributed by atoms with Crippen molar-refractivity contribution in [2.24, 2.45) is 5.92 Å². The summed E-state index contributed by atoms with van der Waals surface area (Å²) in [5.41, 5.74) is 7.87. The van der Waals surface area contributed by atoms with Crippen LogP contribution in [0.5, 0.6) is 0 Å². The van der Waals surface area contributed by atoms with Crippen molar-refractivity contribution < 1.29 is 4.79 Å². The molecule has 3 rings (SSSR count). The molecule has 7 heteroatoms. The summed E-state index contributed by atoms with van der Waals surface area (Å²) < 4.78 is 0. The predicted octanol–water partition coefficient (Wildman–Crippen LogP) is 1.25. The van der Waals surface area contributed by atoms with Crippen LogP contribution in [-0.2, 0) is 6.42 Å². The summed E-state index contributed by atoms with van der Waals surface area (Å²) in [5.74, 6) is 0.750. The number of aromatic nitrogens is 4. The zero-order valence-electron chi connectivity index (χ0n) is 13.1. The molecule has 0 bridgehead atoms. The normalized spacial score (nSPS) is 18.0. The first-order valence-corrected chi connectivity index (χ1v) is 7.77. The molecule has 1 aliphatic rings. The lowest BCUT2D eigenvalue weighted by atomic mass is 9.93. The van der Waals surface area contributed by atoms with Crippen LogP contribution in [0.4, 0.5) is 5.82 Å². The number of carbonyl (C=O) groups excluding carboxylic acids is 1. The van der Waals surface area contributed by atoms with Gasteiger partial charge in [-0.1, -0.05) is 0 Å². The number of anilines is 1. The van der Waals surface area contributed by atoms with E-state index in [1.807, 2.05) is 11.8 Å². The van der Waals surface area contributed by atoms with E-state index in [4.69, 9.17) is 5.73 Å². The monoisotopic (exact) mass is 312 g/mol. The molecule has 2 aromatic rings. The molecule has 2 N–H and O–H groups in total. The van der Waals surface area contributed by atoms with E-state index in [0.29, 0.717) is 24.0 Å². The Kier molecular flexibility index (Phi) is 4.45. The SMILES string of the molecule is Cc1cnc(C(=O)N2CCCC(Cc3nccnc3N)C2)cn1. The van der Waals surface area contributed by atoms with Gasteiger partial charge in [-0.25, -0.2) is 9.97 Å². The number of nitrogen functional groups attached to an aromatic ring is 1. The Balaban J connectivity index is 1.67. The fourth-order valence-electron chi connectivity index (χ4n) is 2.89. The Bertz CT molecular complexity index is 687. The number of nitrogens with zero attached hydrogens (tertiary/aromatic N) is 5. The Labute approximate surface area is 135 Å². The standard InChI is InChI=1S/C16H20N6O/c1-11-8-21-14(9-20-11)16(23)22-6-2-3-12(10-22)7-13-15(17)19-5-4-18-13/h4-5,8-9,12H,2-3,6-7,10H2,1H3,(H2,17,19). The molecule has 120 valence electrons. The van der Waals surface area contributed by atoms with Gasteiger partial charge < -0.3 is 10.6 Å². The van der Waals surface area contributed by atoms with Crippen molar-refractivity contribution >= 4 is 11.7 Å². The second kappa shape index (κ2) is 6.68. The van der Waals surface area contributed by atoms with Gasteiger partial charge in [0.2, 0.25) is 0 Å². The number of likely N-dealkylation sites (tertiary alicyclic amines) is 1. The van der Waals surface area contributed by atoms with E-state index in [1.54, 1.807) is 24.8 Å². The summed E-state index contributed by atoms with van der Waals surface area (Å²) in [6.45, 7) is 3.29. The number of nitrogens with two attached hydrogens (primary N) is 1. The maximum absolute atomic E-state index is 12.5. The zero-order chi connectivity index (χ0) is 16.2. The van der Waals surface area contributed by atoms with Crippen molar-refractivity contribution in [2.45, 2.75) is 26.2 Å². The first kappa shape index (κ1) is 15.3. The first-order chi connectivity index (χ1) is 11.1. The van der Waals surface area contributed by atoms with Crippen LogP contribution in [0.25, 0.3) is 0 Å². The molecule has 1 saturated heterocycles. The van der Waals surface area contributed by atoms with Crippen LogP contribution in [0.3, 0.4) is 0 Å². The van der Waals surface area contributed by atoms with Crippen molar-refractivity contribution in [1.82, 2.24) is 24.8 Å². The highest BCUT2D eigenvalue weighted by molar-refractivity contribution is 5.92. The smallest absolute Gasteiger partial charge is 0.274 e. The largest absolute Gasteiger partial charge is 0.382 e. The summed E-state index contributed by atoms with van der Waals surface area (Å²) in [4.78, 5) is 31.1. The molecule has 1 amide bonds. The molecule has 0 saturated carbocycles. The molecular weight excluding hydrogens is 292 g/mol. The average molecular weight is 312 g/mol. The lowest BCUT2D eigenvalue weighted by Crippen LogP contribution is -2.41. The molecule has 0 aromatic carbocycles. The molecule has 1 unspecified atom stereocenters. The fourth-order valence-corrected chi connectivity index (χ4v) is 2.89. The summed E-state index contributed by atoms with van der Waals surface area (Å²) in [7, 11) is 0. The van der Waals surface area contributed by atoms with E-state index < -0.39 is 0 Å². The van der Waals surface area contributed by atoms with Gasteiger partial charge in [-0.15, -0.1) is 0 Å². The van der Waals surface area contributed by atoms with E-state index in [1.165, 1.54) is 0 Å². The van der Waals surface area contributed by atoms with Gasteiger partial charge in [-0.3, -0.25) is 14.8 Å². The van der Waals surface area contributed by atoms with E-state index >= 15 is 0 Å². The number of rotatable bonds is 3. The maximum atomic E-state index is 12.5. The molecule has 7 nitrogen and oxygen atoms in total. The summed E-state index contributed by atoms with van der Waals surface area (Å²) in [5, 5.41) is 0. The highest BCUT2D eigenvalue weighted by atomic mass is 16.2. The Morgan fingerprint density at radius 1 is 1.26 bits per heavy atom. The minimum absolute atomic E-state index is 0.0608. The number of carbonyl (C=O) groups is 1. The minimum Gasteiger partial charge on any atom is -0.382 e. The van der Waals surface area contributed by atoms with E-state index in [2.05, 4.69) is 19.9 Å². The van der Waals surface area contributed by atoms with Crippen LogP contribution in [0.15, 0.2) is 24.8 Å². The quantitative estimate of drug-likeness (QED) is 0.916. The molecule has 3 heterocycles. The maximum Gasteiger partial charge on any atom is 0.274 e. The van der Waals surface area contributed by atoms with Crippen LogP contribution in [0.1, 0.15) is 34.7 Å². The van der Waals surface area contributed by atoms with Gasteiger partial charge >= 0.3 is 0 Å². The topological polar surface area (TPSA) is 97.9 Å². The van der Waals surface area contributed by atoms with Crippen molar-refractivity contribution in [1.29, 1.82) is 0 Å². The highest BCUT2D eigenvalue weighted by Gasteiger charge is 2.26. The molecule has 1 fully saturated rings. The minimum atomic E-state index is -0.0608. The Morgan fingerprint density at radius 3 is 2.83 bits per heavy atom. The van der Waals surface area contributed by atoms with Crippen LogP contribution in [0, 0.1) is 12.8 Å². The number of hydrogen-bond acceptors (Lipinski definition) is 6. The lowest BCUT2D eigenvalue weighted by Gasteiger charge is -2.32. The van der Waals surface area contributed by atoms with Crippen molar-refractivity contribution in [2.75, 3.05) is 18.8 Å². The Morgan fingerprint density at radius 2 is 2.09 bits per heavy atom. The van der Waals surface area contributed by atoms with Crippen LogP contribution >= 0.6 is 0 Å². The molecule has 0 spiro atoms. The van der Waals surface area contributed by atoms with Gasteiger partial charge in [0.25, 0.3) is 5.91 Å². The van der Waals surface area contributed by atoms with Gasteiger partial charge in [-0.2, -0.15) is 0 Å². The fraction of sp³-hybridized carbons (Fsp3) is 0.438. The zero-order valence-corrected chi connectivity index (χ0v) is 13.1. The second-order valence-electron chi connectivity index (χ2n) is 5.89. The number of hydrogen-bond donors (Lipinski definition) is 1. The van der Waals surface area contributed by atoms with Crippen molar-refractivity contribution in [3.63, 3.8) is 0 Å². The second-order valence-corrected chi connectivity index (χ2v) is 5.89. The highest BCUT2D eigenvalue weighted by Crippen LogP contribution is 2.22. The molecule has 23 heavy (non-hydrogen) atoms. The molecule has 0 aliphatic carbocycles. The van der Waals surface area contributed by atoms with Gasteiger partial charge in [0, 0.05) is 31.7 Å². The Hall–Kier alpha value is -2.57. The summed E-state index contributed by atoms with van der Waals surface area (Å²) >= 11 is 0. The van der Waals surface area contributed by atoms with Crippen molar-refractivity contribution in [3.05, 3.63) is 41.9 Å². The number of piperidine rings is 1. The van der Waals surface area contributed by atoms with Gasteiger partial charge in [0.15, 0.2) is 0 Å². The van der Waals surface area contributed by atoms with E-state index in [-0.39, 0.29) is 5.91 Å². The summed E-state index contributed by atoms with van der Waals surface area (Å²) in [6, 6.07) is 0. The van der Waals surface area contributed by atoms with Crippen LogP contribution < -0.4 is 5.73 Å². The van der Waals surface area contributed by atoms with Crippen LogP contribution in [0.2, 0.25) is 0 Å². The predicted molar refractivity (Wildman–Crippen MR) is 85.5 cm³/mol. The lowest BCUT2D eigenvalue weighted by molar-refractivity contribution is 0.0666. The molecule has 1 atom stereocenters. The van der Waals surface area contributed by atoms with Crippen LogP contribution in [-0.4, -0.2) is 43.8 Å². The van der Waals surface area contributed by atoms with Crippen molar-refractivity contribution in [3.8, 4) is 0 Å². The average Bonchev–Trinajstić information content (AvgIpc) is 2.57. The number of aryl methyl sites for hydroxylation is 1. The molecular formula is C16H20N6O. The third-order valence-electron chi connectivity index (χ3n) is 4.09. The molecule has 1 aliphatic heterocycles. The number of amides is 1. The van der Waals surface area contributed by atoms with E-state index in [0.717, 1.165) is 37.2 Å². The van der Waals surface area contributed by atoms with Gasteiger partial charge in [0.05, 0.1) is 17.6 Å². The van der Waals surface area contributed by atoms with Gasteiger partial charge in [0.1, 0.15) is 11.5 Å². The molecule has 0 radical (unpaired) electrons. The molecule has 2 aromatic heterocycles. The first-order valence-electron chi connectivity index (χ1n) is 7.77. The van der Waals surface area contributed by atoms with E-state index in [9.17, 15) is 4.79 Å².